The van der Waals surface area contributed by atoms with E-state index in [4.69, 9.17) is 15.2 Å². The average molecular weight is 431 g/mol. The van der Waals surface area contributed by atoms with E-state index in [1.165, 1.54) is 12.1 Å². The second-order valence-corrected chi connectivity index (χ2v) is 6.62. The van der Waals surface area contributed by atoms with E-state index in [0.29, 0.717) is 24.7 Å². The summed E-state index contributed by atoms with van der Waals surface area (Å²) in [5.41, 5.74) is 5.79. The van der Waals surface area contributed by atoms with E-state index in [-0.39, 0.29) is 30.0 Å². The molecular weight excluding hydrogens is 409 g/mol. The van der Waals surface area contributed by atoms with Gasteiger partial charge in [-0.25, -0.2) is 0 Å². The van der Waals surface area contributed by atoms with E-state index < -0.39 is 17.8 Å². The molecular formula is C20H22ClF3N2O3. The van der Waals surface area contributed by atoms with Gasteiger partial charge in [-0.3, -0.25) is 4.79 Å². The summed E-state index contributed by atoms with van der Waals surface area (Å²) < 4.78 is 49.0. The average Bonchev–Trinajstić information content (AvgIpc) is 2.69. The molecule has 0 bridgehead atoms. The second-order valence-electron chi connectivity index (χ2n) is 6.62. The molecule has 0 saturated carbocycles. The monoisotopic (exact) mass is 430 g/mol. The Morgan fingerprint density at radius 1 is 1.10 bits per heavy atom. The van der Waals surface area contributed by atoms with E-state index in [0.717, 1.165) is 25.0 Å². The molecule has 0 spiro atoms. The fraction of sp³-hybridized carbons (Fsp3) is 0.350. The maximum absolute atomic E-state index is 12.8. The topological polar surface area (TPSA) is 73.6 Å². The van der Waals surface area contributed by atoms with Gasteiger partial charge < -0.3 is 20.5 Å². The van der Waals surface area contributed by atoms with Crippen molar-refractivity contribution < 1.29 is 27.4 Å². The number of nitrogens with one attached hydrogen (secondary N) is 1. The lowest BCUT2D eigenvalue weighted by atomic mass is 9.92. The number of nitrogens with two attached hydrogens (primary N) is 1. The maximum atomic E-state index is 12.8. The highest BCUT2D eigenvalue weighted by atomic mass is 35.5. The van der Waals surface area contributed by atoms with Crippen molar-refractivity contribution in [3.63, 3.8) is 0 Å². The van der Waals surface area contributed by atoms with Gasteiger partial charge in [-0.15, -0.1) is 12.4 Å². The fourth-order valence-electron chi connectivity index (χ4n) is 2.99. The number of rotatable bonds is 5. The molecule has 29 heavy (non-hydrogen) atoms. The van der Waals surface area contributed by atoms with E-state index in [9.17, 15) is 18.0 Å². The minimum Gasteiger partial charge on any atom is -0.457 e. The standard InChI is InChI=1S/C20H21F3N2O3.ClH/c21-20(22,23)14-2-1-3-17(12-14)28-16-6-4-15(5-7-16)25-19(26)18(24)13-8-10-27-11-9-13;/h1-7,12-13,18H,8-11,24H2,(H,25,26);1H. The highest BCUT2D eigenvalue weighted by molar-refractivity contribution is 5.94. The summed E-state index contributed by atoms with van der Waals surface area (Å²) in [5.74, 6) is 0.231. The first-order valence-corrected chi connectivity index (χ1v) is 8.92. The molecule has 9 heteroatoms. The molecule has 1 amide bonds. The van der Waals surface area contributed by atoms with Gasteiger partial charge in [-0.1, -0.05) is 6.07 Å². The molecule has 1 aliphatic rings. The summed E-state index contributed by atoms with van der Waals surface area (Å²) in [5, 5.41) is 2.75. The van der Waals surface area contributed by atoms with Gasteiger partial charge in [0.25, 0.3) is 0 Å². The molecule has 3 N–H and O–H groups in total. The molecule has 1 heterocycles. The molecule has 1 fully saturated rings. The van der Waals surface area contributed by atoms with Crippen LogP contribution in [0.4, 0.5) is 18.9 Å². The number of amides is 1. The lowest BCUT2D eigenvalue weighted by Gasteiger charge is -2.26. The Kier molecular flexibility index (Phi) is 7.89. The van der Waals surface area contributed by atoms with Crippen LogP contribution in [-0.4, -0.2) is 25.2 Å². The second kappa shape index (κ2) is 9.96. The SMILES string of the molecule is Cl.NC(C(=O)Nc1ccc(Oc2cccc(C(F)(F)F)c2)cc1)C1CCOCC1. The Balaban J connectivity index is 0.00000300. The summed E-state index contributed by atoms with van der Waals surface area (Å²) in [6.07, 6.45) is -2.94. The van der Waals surface area contributed by atoms with Crippen LogP contribution in [0.2, 0.25) is 0 Å². The lowest BCUT2D eigenvalue weighted by Crippen LogP contribution is -2.43. The molecule has 158 valence electrons. The minimum absolute atomic E-state index is 0. The zero-order valence-corrected chi connectivity index (χ0v) is 16.3. The molecule has 0 aromatic heterocycles. The van der Waals surface area contributed by atoms with E-state index in [2.05, 4.69) is 5.32 Å². The van der Waals surface area contributed by atoms with Crippen LogP contribution < -0.4 is 15.8 Å². The van der Waals surface area contributed by atoms with Crippen molar-refractivity contribution in [1.82, 2.24) is 0 Å². The highest BCUT2D eigenvalue weighted by Crippen LogP contribution is 2.33. The molecule has 2 aromatic carbocycles. The fourth-order valence-corrected chi connectivity index (χ4v) is 2.99. The van der Waals surface area contributed by atoms with Gasteiger partial charge in [0, 0.05) is 18.9 Å². The predicted molar refractivity (Wildman–Crippen MR) is 105 cm³/mol. The lowest BCUT2D eigenvalue weighted by molar-refractivity contribution is -0.137. The molecule has 1 saturated heterocycles. The Bertz CT molecular complexity index is 809. The minimum atomic E-state index is -4.43. The van der Waals surface area contributed by atoms with Crippen molar-refractivity contribution in [1.29, 1.82) is 0 Å². The molecule has 5 nitrogen and oxygen atoms in total. The summed E-state index contributed by atoms with van der Waals surface area (Å²) >= 11 is 0. The Labute approximate surface area is 172 Å². The van der Waals surface area contributed by atoms with E-state index in [1.807, 2.05) is 0 Å². The number of carbonyl (C=O) groups excluding carboxylic acids is 1. The van der Waals surface area contributed by atoms with Crippen molar-refractivity contribution in [2.24, 2.45) is 11.7 Å². The molecule has 1 atom stereocenters. The van der Waals surface area contributed by atoms with Gasteiger partial charge in [0.2, 0.25) is 5.91 Å². The van der Waals surface area contributed by atoms with Gasteiger partial charge in [0.1, 0.15) is 11.5 Å². The summed E-state index contributed by atoms with van der Waals surface area (Å²) in [7, 11) is 0. The quantitative estimate of drug-likeness (QED) is 0.726. The van der Waals surface area contributed by atoms with Crippen LogP contribution in [0.1, 0.15) is 18.4 Å². The van der Waals surface area contributed by atoms with Crippen molar-refractivity contribution >= 4 is 24.0 Å². The van der Waals surface area contributed by atoms with E-state index in [1.54, 1.807) is 24.3 Å². The number of alkyl halides is 3. The Hall–Kier alpha value is -2.29. The van der Waals surface area contributed by atoms with Crippen molar-refractivity contribution in [2.45, 2.75) is 25.1 Å². The Morgan fingerprint density at radius 3 is 2.38 bits per heavy atom. The molecule has 1 unspecified atom stereocenters. The first-order chi connectivity index (χ1) is 13.3. The first kappa shape index (κ1) is 23.0. The summed E-state index contributed by atoms with van der Waals surface area (Å²) in [6.45, 7) is 1.21. The zero-order valence-electron chi connectivity index (χ0n) is 15.4. The zero-order chi connectivity index (χ0) is 20.1. The van der Waals surface area contributed by atoms with Crippen LogP contribution in [0, 0.1) is 5.92 Å². The van der Waals surface area contributed by atoms with Crippen LogP contribution >= 0.6 is 12.4 Å². The van der Waals surface area contributed by atoms with Crippen molar-refractivity contribution in [3.8, 4) is 11.5 Å². The number of hydrogen-bond donors (Lipinski definition) is 2. The Morgan fingerprint density at radius 2 is 1.76 bits per heavy atom. The molecule has 1 aliphatic heterocycles. The van der Waals surface area contributed by atoms with Gasteiger partial charge in [-0.2, -0.15) is 13.2 Å². The van der Waals surface area contributed by atoms with Gasteiger partial charge in [0.05, 0.1) is 11.6 Å². The molecule has 0 aliphatic carbocycles. The molecule has 3 rings (SSSR count). The molecule has 0 radical (unpaired) electrons. The normalized spacial score (nSPS) is 15.9. The van der Waals surface area contributed by atoms with Crippen LogP contribution in [-0.2, 0) is 15.7 Å². The van der Waals surface area contributed by atoms with Gasteiger partial charge >= 0.3 is 6.18 Å². The predicted octanol–water partition coefficient (Wildman–Crippen LogP) is 4.61. The van der Waals surface area contributed by atoms with Crippen LogP contribution in [0.5, 0.6) is 11.5 Å². The molecule has 2 aromatic rings. The summed E-state index contributed by atoms with van der Waals surface area (Å²) in [6, 6.07) is 10.4. The number of benzene rings is 2. The maximum Gasteiger partial charge on any atom is 0.416 e. The number of halogens is 4. The van der Waals surface area contributed by atoms with Crippen LogP contribution in [0.25, 0.3) is 0 Å². The number of hydrogen-bond acceptors (Lipinski definition) is 4. The smallest absolute Gasteiger partial charge is 0.416 e. The van der Waals surface area contributed by atoms with E-state index >= 15 is 0 Å². The van der Waals surface area contributed by atoms with Crippen molar-refractivity contribution in [2.75, 3.05) is 18.5 Å². The highest BCUT2D eigenvalue weighted by Gasteiger charge is 2.30. The largest absolute Gasteiger partial charge is 0.457 e. The third kappa shape index (κ3) is 6.35. The first-order valence-electron chi connectivity index (χ1n) is 8.92. The van der Waals surface area contributed by atoms with Crippen LogP contribution in [0.3, 0.4) is 0 Å². The third-order valence-corrected chi connectivity index (χ3v) is 4.60. The van der Waals surface area contributed by atoms with Crippen molar-refractivity contribution in [3.05, 3.63) is 54.1 Å². The van der Waals surface area contributed by atoms with Gasteiger partial charge in [0.15, 0.2) is 0 Å². The number of anilines is 1. The summed E-state index contributed by atoms with van der Waals surface area (Å²) in [4.78, 5) is 12.3. The number of carbonyl (C=O) groups is 1. The third-order valence-electron chi connectivity index (χ3n) is 4.60. The number of ether oxygens (including phenoxy) is 2. The van der Waals surface area contributed by atoms with Gasteiger partial charge in [-0.05, 0) is 61.2 Å². The van der Waals surface area contributed by atoms with Crippen LogP contribution in [0.15, 0.2) is 48.5 Å².